The van der Waals surface area contributed by atoms with Gasteiger partial charge in [-0.3, -0.25) is 9.97 Å². The van der Waals surface area contributed by atoms with Gasteiger partial charge in [0.15, 0.2) is 0 Å². The van der Waals surface area contributed by atoms with Gasteiger partial charge >= 0.3 is 40.5 Å². The molecule has 266 valence electrons. The van der Waals surface area contributed by atoms with Gasteiger partial charge in [-0.15, -0.1) is 0 Å². The SMILES string of the molecule is COc1c(-c2ccccn2)cc(C(C)(C)C)cc1-c1ccc2ccc3ccc(-c4cc(C(C)(C)C)cc(-c5ccccn5)c4OC)nc3c2n1.[Br][Zn][Br]. The Bertz CT molecular complexity index is 2230. The van der Waals surface area contributed by atoms with Crippen molar-refractivity contribution in [3.63, 3.8) is 0 Å². The molecule has 0 saturated heterocycles. The first-order chi connectivity index (χ1) is 25.4. The number of rotatable bonds is 6. The molecule has 7 aromatic rings. The second-order valence-corrected chi connectivity index (χ2v) is 28.9. The Balaban J connectivity index is 0.00000155. The van der Waals surface area contributed by atoms with Crippen molar-refractivity contribution in [3.8, 4) is 56.5 Å². The number of ether oxygens (including phenoxy) is 2. The number of benzene rings is 3. The van der Waals surface area contributed by atoms with Gasteiger partial charge in [-0.2, -0.15) is 0 Å². The van der Waals surface area contributed by atoms with Crippen LogP contribution in [0, 0.1) is 0 Å². The third-order valence-corrected chi connectivity index (χ3v) is 9.27. The summed E-state index contributed by atoms with van der Waals surface area (Å²) in [5.74, 6) is 1.48. The number of pyridine rings is 4. The standard InChI is InChI=1S/C44H42N4O2.2BrH.Zn/c1-43(2,3)29-23-31(35-13-9-11-21-45-35)41(49-7)33(25-29)37-19-17-27-15-16-28-18-20-38(48-40(28)39(27)47-37)34-26-30(44(4,5)6)24-32(42(34)50-8)36-14-10-12-22-46-36;;;/h9-26H,1-8H3;2*1H;/q;;;+2/p-2. The summed E-state index contributed by atoms with van der Waals surface area (Å²) in [6.45, 7) is 13.3. The fourth-order valence-electron chi connectivity index (χ4n) is 6.44. The number of fused-ring (bicyclic) bond motifs is 3. The Kier molecular flexibility index (Phi) is 11.8. The van der Waals surface area contributed by atoms with Gasteiger partial charge in [-0.05, 0) is 82.6 Å². The van der Waals surface area contributed by atoms with E-state index in [1.54, 1.807) is 14.2 Å². The number of methoxy groups -OCH3 is 2. The minimum atomic E-state index is -0.250. The maximum atomic E-state index is 6.13. The van der Waals surface area contributed by atoms with Gasteiger partial charge < -0.3 is 9.47 Å². The molecule has 0 aliphatic heterocycles. The molecule has 9 heteroatoms. The molecule has 3 aromatic carbocycles. The van der Waals surface area contributed by atoms with Gasteiger partial charge in [0.2, 0.25) is 0 Å². The molecule has 0 fully saturated rings. The van der Waals surface area contributed by atoms with Crippen molar-refractivity contribution in [1.82, 2.24) is 19.9 Å². The van der Waals surface area contributed by atoms with E-state index >= 15 is 0 Å². The predicted molar refractivity (Wildman–Crippen MR) is 223 cm³/mol. The summed E-state index contributed by atoms with van der Waals surface area (Å²) in [6, 6.07) is 33.3. The molecule has 0 aliphatic carbocycles. The van der Waals surface area contributed by atoms with Gasteiger partial charge in [0.05, 0.1) is 48.0 Å². The quantitative estimate of drug-likeness (QED) is 0.122. The molecule has 4 heterocycles. The van der Waals surface area contributed by atoms with Crippen LogP contribution in [0.5, 0.6) is 11.5 Å². The number of halogens is 2. The summed E-state index contributed by atoms with van der Waals surface area (Å²) in [5, 5.41) is 2.01. The molecule has 0 aliphatic rings. The number of hydrogen-bond donors (Lipinski definition) is 0. The van der Waals surface area contributed by atoms with Crippen LogP contribution in [0.2, 0.25) is 0 Å². The molecule has 0 bridgehead atoms. The number of hydrogen-bond acceptors (Lipinski definition) is 6. The zero-order valence-electron chi connectivity index (χ0n) is 31.5. The van der Waals surface area contributed by atoms with Crippen LogP contribution in [-0.4, -0.2) is 34.2 Å². The van der Waals surface area contributed by atoms with Crippen molar-refractivity contribution in [3.05, 3.63) is 121 Å². The van der Waals surface area contributed by atoms with Crippen LogP contribution in [0.15, 0.2) is 109 Å². The Morgan fingerprint density at radius 2 is 0.830 bits per heavy atom. The van der Waals surface area contributed by atoms with Crippen molar-refractivity contribution in [1.29, 1.82) is 0 Å². The summed E-state index contributed by atoms with van der Waals surface area (Å²) in [4.78, 5) is 20.0. The molecule has 0 radical (unpaired) electrons. The second kappa shape index (κ2) is 16.1. The third-order valence-electron chi connectivity index (χ3n) is 9.27. The maximum absolute atomic E-state index is 6.13. The molecule has 4 aromatic heterocycles. The van der Waals surface area contributed by atoms with Crippen LogP contribution in [-0.2, 0) is 24.0 Å². The first kappa shape index (κ1) is 38.7. The van der Waals surface area contributed by atoms with Crippen molar-refractivity contribution >= 4 is 49.1 Å². The van der Waals surface area contributed by atoms with E-state index in [4.69, 9.17) is 19.4 Å². The van der Waals surface area contributed by atoms with Crippen LogP contribution < -0.4 is 9.47 Å². The average molecular weight is 884 g/mol. The first-order valence-corrected chi connectivity index (χ1v) is 31.4. The van der Waals surface area contributed by atoms with E-state index in [9.17, 15) is 0 Å². The van der Waals surface area contributed by atoms with E-state index in [2.05, 4.69) is 139 Å². The molecule has 0 saturated carbocycles. The van der Waals surface area contributed by atoms with Crippen LogP contribution >= 0.6 is 27.2 Å². The fourth-order valence-corrected chi connectivity index (χ4v) is 6.44. The summed E-state index contributed by atoms with van der Waals surface area (Å²) in [5.41, 5.74) is 10.8. The van der Waals surface area contributed by atoms with Crippen LogP contribution in [0.4, 0.5) is 0 Å². The Hall–Kier alpha value is -4.04. The minimum absolute atomic E-state index is 0.112. The van der Waals surface area contributed by atoms with Gasteiger partial charge in [-0.1, -0.05) is 77.9 Å². The molecule has 0 N–H and O–H groups in total. The molecule has 6 nitrogen and oxygen atoms in total. The molecule has 53 heavy (non-hydrogen) atoms. The molecule has 0 atom stereocenters. The van der Waals surface area contributed by atoms with Gasteiger partial charge in [0, 0.05) is 45.4 Å². The predicted octanol–water partition coefficient (Wildman–Crippen LogP) is 12.5. The summed E-state index contributed by atoms with van der Waals surface area (Å²) < 4.78 is 12.3. The van der Waals surface area contributed by atoms with Crippen LogP contribution in [0.3, 0.4) is 0 Å². The van der Waals surface area contributed by atoms with Gasteiger partial charge in [0.1, 0.15) is 11.5 Å². The number of nitrogens with zero attached hydrogens (tertiary/aromatic N) is 4. The third kappa shape index (κ3) is 8.23. The Morgan fingerprint density at radius 1 is 0.491 bits per heavy atom. The van der Waals surface area contributed by atoms with E-state index in [0.717, 1.165) is 78.3 Å². The van der Waals surface area contributed by atoms with Crippen LogP contribution in [0.25, 0.3) is 66.8 Å². The molecule has 0 amide bonds. The zero-order valence-corrected chi connectivity index (χ0v) is 37.6. The van der Waals surface area contributed by atoms with Crippen molar-refractivity contribution in [2.24, 2.45) is 0 Å². The van der Waals surface area contributed by atoms with E-state index < -0.39 is 0 Å². The Labute approximate surface area is 333 Å². The van der Waals surface area contributed by atoms with Crippen molar-refractivity contribution in [2.75, 3.05) is 14.2 Å². The van der Waals surface area contributed by atoms with Crippen LogP contribution in [0.1, 0.15) is 52.7 Å². The monoisotopic (exact) mass is 880 g/mol. The first-order valence-electron chi connectivity index (χ1n) is 17.5. The second-order valence-electron chi connectivity index (χ2n) is 14.8. The molecule has 7 rings (SSSR count). The molecular weight excluding hydrogens is 842 g/mol. The number of aromatic nitrogens is 4. The molecule has 0 unspecified atom stereocenters. The molecular formula is C44H42Br2N4O2Zn. The Morgan fingerprint density at radius 3 is 1.13 bits per heavy atom. The van der Waals surface area contributed by atoms with E-state index in [1.165, 1.54) is 11.1 Å². The van der Waals surface area contributed by atoms with Crippen molar-refractivity contribution < 1.29 is 22.7 Å². The summed E-state index contributed by atoms with van der Waals surface area (Å²) in [7, 11) is 3.43. The summed E-state index contributed by atoms with van der Waals surface area (Å²) in [6.07, 6.45) is 3.63. The topological polar surface area (TPSA) is 70.0 Å². The fraction of sp³-hybridized carbons (Fsp3) is 0.227. The summed E-state index contributed by atoms with van der Waals surface area (Å²) >= 11 is 6.25. The van der Waals surface area contributed by atoms with Gasteiger partial charge in [-0.25, -0.2) is 9.97 Å². The van der Waals surface area contributed by atoms with Crippen molar-refractivity contribution in [2.45, 2.75) is 52.4 Å². The van der Waals surface area contributed by atoms with E-state index in [-0.39, 0.29) is 24.0 Å². The molecule has 0 spiro atoms. The van der Waals surface area contributed by atoms with Gasteiger partial charge in [0.25, 0.3) is 0 Å². The normalized spacial score (nSPS) is 11.5. The van der Waals surface area contributed by atoms with E-state index in [1.807, 2.05) is 48.8 Å². The van der Waals surface area contributed by atoms with E-state index in [0.29, 0.717) is 0 Å². The average Bonchev–Trinajstić information content (AvgIpc) is 3.16. The zero-order chi connectivity index (χ0) is 37.9.